The Morgan fingerprint density at radius 1 is 0.952 bits per heavy atom. The van der Waals surface area contributed by atoms with E-state index in [4.69, 9.17) is 11.6 Å². The van der Waals surface area contributed by atoms with Crippen LogP contribution in [-0.2, 0) is 12.8 Å². The van der Waals surface area contributed by atoms with Gasteiger partial charge in [-0.25, -0.2) is 0 Å². The van der Waals surface area contributed by atoms with Crippen LogP contribution >= 0.6 is 11.6 Å². The fourth-order valence-electron chi connectivity index (χ4n) is 2.81. The lowest BCUT2D eigenvalue weighted by Gasteiger charge is -2.20. The van der Waals surface area contributed by atoms with Gasteiger partial charge >= 0.3 is 0 Å². The van der Waals surface area contributed by atoms with E-state index in [2.05, 4.69) is 55.6 Å². The van der Waals surface area contributed by atoms with E-state index >= 15 is 0 Å². The predicted octanol–water partition coefficient (Wildman–Crippen LogP) is 5.08. The van der Waals surface area contributed by atoms with Crippen molar-refractivity contribution in [3.63, 3.8) is 0 Å². The summed E-state index contributed by atoms with van der Waals surface area (Å²) >= 11 is 6.28. The quantitative estimate of drug-likeness (QED) is 0.812. The smallest absolute Gasteiger partial charge is 0.0574 e. The minimum atomic E-state index is 0.180. The van der Waals surface area contributed by atoms with Crippen molar-refractivity contribution in [2.45, 2.75) is 39.7 Å². The van der Waals surface area contributed by atoms with Crippen molar-refractivity contribution < 1.29 is 0 Å². The third-order valence-electron chi connectivity index (χ3n) is 4.14. The van der Waals surface area contributed by atoms with E-state index in [1.54, 1.807) is 0 Å². The monoisotopic (exact) mass is 301 g/mol. The van der Waals surface area contributed by atoms with Gasteiger partial charge in [-0.2, -0.15) is 0 Å². The number of hydrogen-bond donors (Lipinski definition) is 1. The Morgan fingerprint density at radius 2 is 1.57 bits per heavy atom. The molecule has 0 aliphatic heterocycles. The molecule has 2 heteroatoms. The Balaban J connectivity index is 2.43. The second kappa shape index (κ2) is 7.11. The van der Waals surface area contributed by atoms with Crippen molar-refractivity contribution in [1.29, 1.82) is 0 Å². The van der Waals surface area contributed by atoms with E-state index in [-0.39, 0.29) is 6.04 Å². The van der Waals surface area contributed by atoms with Crippen LogP contribution in [0.1, 0.15) is 47.7 Å². The first-order chi connectivity index (χ1) is 10.1. The summed E-state index contributed by atoms with van der Waals surface area (Å²) < 4.78 is 0. The molecular weight excluding hydrogens is 278 g/mol. The topological polar surface area (TPSA) is 12.0 Å². The number of nitrogens with one attached hydrogen (secondary N) is 1. The van der Waals surface area contributed by atoms with Gasteiger partial charge in [-0.05, 0) is 60.7 Å². The maximum absolute atomic E-state index is 6.28. The van der Waals surface area contributed by atoms with Gasteiger partial charge in [-0.1, -0.05) is 55.8 Å². The molecule has 2 aromatic carbocycles. The molecule has 0 aliphatic carbocycles. The molecule has 0 fully saturated rings. The highest BCUT2D eigenvalue weighted by atomic mass is 35.5. The van der Waals surface area contributed by atoms with Gasteiger partial charge in [-0.3, -0.25) is 0 Å². The fourth-order valence-corrected chi connectivity index (χ4v) is 3.00. The highest BCUT2D eigenvalue weighted by Gasteiger charge is 2.14. The van der Waals surface area contributed by atoms with Gasteiger partial charge in [-0.15, -0.1) is 0 Å². The number of benzene rings is 2. The Hall–Kier alpha value is -1.31. The summed E-state index contributed by atoms with van der Waals surface area (Å²) in [5.74, 6) is 0. The summed E-state index contributed by atoms with van der Waals surface area (Å²) in [5.41, 5.74) is 6.50. The van der Waals surface area contributed by atoms with Gasteiger partial charge in [0.2, 0.25) is 0 Å². The highest BCUT2D eigenvalue weighted by molar-refractivity contribution is 6.31. The predicted molar refractivity (Wildman–Crippen MR) is 92.3 cm³/mol. The maximum Gasteiger partial charge on any atom is 0.0574 e. The molecule has 1 N–H and O–H groups in total. The van der Waals surface area contributed by atoms with Gasteiger partial charge in [0.15, 0.2) is 0 Å². The normalized spacial score (nSPS) is 12.4. The summed E-state index contributed by atoms with van der Waals surface area (Å²) in [7, 11) is 2.00. The van der Waals surface area contributed by atoms with E-state index in [1.807, 2.05) is 14.0 Å². The van der Waals surface area contributed by atoms with Crippen molar-refractivity contribution in [3.8, 4) is 0 Å². The Labute approximate surface area is 133 Å². The lowest BCUT2D eigenvalue weighted by molar-refractivity contribution is 0.690. The summed E-state index contributed by atoms with van der Waals surface area (Å²) in [4.78, 5) is 0. The summed E-state index contributed by atoms with van der Waals surface area (Å²) in [5, 5.41) is 4.24. The number of halogens is 1. The first-order valence-corrected chi connectivity index (χ1v) is 8.03. The molecule has 1 unspecified atom stereocenters. The van der Waals surface area contributed by atoms with Crippen LogP contribution in [0, 0.1) is 6.92 Å². The molecule has 0 spiro atoms. The van der Waals surface area contributed by atoms with Crippen molar-refractivity contribution >= 4 is 11.6 Å². The highest BCUT2D eigenvalue weighted by Crippen LogP contribution is 2.27. The van der Waals surface area contributed by atoms with Gasteiger partial charge in [0.1, 0.15) is 0 Å². The van der Waals surface area contributed by atoms with Crippen molar-refractivity contribution in [3.05, 3.63) is 69.2 Å². The molecule has 0 aromatic heterocycles. The van der Waals surface area contributed by atoms with Crippen LogP contribution in [0.5, 0.6) is 0 Å². The van der Waals surface area contributed by atoms with E-state index < -0.39 is 0 Å². The third-order valence-corrected chi connectivity index (χ3v) is 4.55. The molecule has 2 rings (SSSR count). The first kappa shape index (κ1) is 16.1. The Morgan fingerprint density at radius 3 is 2.14 bits per heavy atom. The minimum Gasteiger partial charge on any atom is -0.309 e. The average molecular weight is 302 g/mol. The van der Waals surface area contributed by atoms with Crippen LogP contribution in [-0.4, -0.2) is 7.05 Å². The largest absolute Gasteiger partial charge is 0.309 e. The van der Waals surface area contributed by atoms with Gasteiger partial charge < -0.3 is 5.32 Å². The second-order valence-corrected chi connectivity index (χ2v) is 5.87. The number of aryl methyl sites for hydroxylation is 3. The summed E-state index contributed by atoms with van der Waals surface area (Å²) in [6, 6.07) is 13.3. The molecule has 0 saturated carbocycles. The molecular formula is C19H24ClN. The second-order valence-electron chi connectivity index (χ2n) is 5.47. The van der Waals surface area contributed by atoms with Crippen LogP contribution < -0.4 is 5.32 Å². The first-order valence-electron chi connectivity index (χ1n) is 7.65. The lowest BCUT2D eigenvalue weighted by atomic mass is 9.93. The molecule has 2 aromatic rings. The van der Waals surface area contributed by atoms with E-state index in [9.17, 15) is 0 Å². The molecule has 0 aliphatic rings. The van der Waals surface area contributed by atoms with Crippen LogP contribution in [0.25, 0.3) is 0 Å². The SMILES string of the molecule is CCc1ccc(C(NC)c2ccc(C)c(Cl)c2)cc1CC. The minimum absolute atomic E-state index is 0.180. The van der Waals surface area contributed by atoms with Crippen LogP contribution in [0.15, 0.2) is 36.4 Å². The zero-order chi connectivity index (χ0) is 15.4. The molecule has 0 saturated heterocycles. The zero-order valence-corrected chi connectivity index (χ0v) is 14.1. The number of hydrogen-bond acceptors (Lipinski definition) is 1. The average Bonchev–Trinajstić information content (AvgIpc) is 2.51. The third kappa shape index (κ3) is 3.48. The van der Waals surface area contributed by atoms with Gasteiger partial charge in [0.25, 0.3) is 0 Å². The molecule has 112 valence electrons. The van der Waals surface area contributed by atoms with E-state index in [0.29, 0.717) is 0 Å². The molecule has 0 bridgehead atoms. The zero-order valence-electron chi connectivity index (χ0n) is 13.3. The molecule has 0 amide bonds. The maximum atomic E-state index is 6.28. The van der Waals surface area contributed by atoms with Crippen molar-refractivity contribution in [1.82, 2.24) is 5.32 Å². The van der Waals surface area contributed by atoms with Gasteiger partial charge in [0, 0.05) is 5.02 Å². The Bertz CT molecular complexity index is 619. The summed E-state index contributed by atoms with van der Waals surface area (Å²) in [6.45, 7) is 6.46. The summed E-state index contributed by atoms with van der Waals surface area (Å²) in [6.07, 6.45) is 2.16. The molecule has 0 heterocycles. The van der Waals surface area contributed by atoms with E-state index in [1.165, 1.54) is 22.3 Å². The van der Waals surface area contributed by atoms with Crippen LogP contribution in [0.4, 0.5) is 0 Å². The van der Waals surface area contributed by atoms with E-state index in [0.717, 1.165) is 23.4 Å². The fraction of sp³-hybridized carbons (Fsp3) is 0.368. The standard InChI is InChI=1S/C19H24ClN/c1-5-14-9-10-16(11-15(14)6-2)19(21-4)17-8-7-13(3)18(20)12-17/h7-12,19,21H,5-6H2,1-4H3. The molecule has 21 heavy (non-hydrogen) atoms. The van der Waals surface area contributed by atoms with Crippen LogP contribution in [0.3, 0.4) is 0 Å². The lowest BCUT2D eigenvalue weighted by Crippen LogP contribution is -2.18. The van der Waals surface area contributed by atoms with Crippen molar-refractivity contribution in [2.75, 3.05) is 7.05 Å². The molecule has 1 atom stereocenters. The Kier molecular flexibility index (Phi) is 5.44. The number of rotatable bonds is 5. The molecule has 1 nitrogen and oxygen atoms in total. The van der Waals surface area contributed by atoms with Crippen LogP contribution in [0.2, 0.25) is 5.02 Å². The van der Waals surface area contributed by atoms with Crippen molar-refractivity contribution in [2.24, 2.45) is 0 Å². The van der Waals surface area contributed by atoms with Gasteiger partial charge in [0.05, 0.1) is 6.04 Å². The molecule has 0 radical (unpaired) electrons.